The van der Waals surface area contributed by atoms with E-state index in [4.69, 9.17) is 10.8 Å². The van der Waals surface area contributed by atoms with Crippen LogP contribution >= 0.6 is 0 Å². The molecule has 1 saturated carbocycles. The molecule has 1 aliphatic rings. The number of ketones is 1. The van der Waals surface area contributed by atoms with Crippen molar-refractivity contribution in [2.24, 2.45) is 5.73 Å². The average molecular weight is 143 g/mol. The van der Waals surface area contributed by atoms with Gasteiger partial charge in [-0.05, 0) is 19.3 Å². The lowest BCUT2D eigenvalue weighted by atomic mass is 9.94. The van der Waals surface area contributed by atoms with Gasteiger partial charge >= 0.3 is 0 Å². The first kappa shape index (κ1) is 7.69. The third-order valence-corrected chi connectivity index (χ3v) is 2.14. The lowest BCUT2D eigenvalue weighted by Gasteiger charge is -2.19. The van der Waals surface area contributed by atoms with Crippen molar-refractivity contribution in [3.8, 4) is 0 Å². The predicted octanol–water partition coefficient (Wildman–Crippen LogP) is -0.181. The molecular formula is C7H13NO2. The Hall–Kier alpha value is -0.410. The number of aliphatic hydroxyl groups excluding tert-OH is 1. The van der Waals surface area contributed by atoms with Gasteiger partial charge in [-0.15, -0.1) is 0 Å². The second kappa shape index (κ2) is 2.68. The van der Waals surface area contributed by atoms with Crippen molar-refractivity contribution < 1.29 is 9.90 Å². The second-order valence-corrected chi connectivity index (χ2v) is 2.91. The van der Waals surface area contributed by atoms with E-state index in [1.54, 1.807) is 0 Å². The quantitative estimate of drug-likeness (QED) is 0.563. The smallest absolute Gasteiger partial charge is 0.152 e. The van der Waals surface area contributed by atoms with E-state index in [2.05, 4.69) is 0 Å². The molecule has 1 atom stereocenters. The van der Waals surface area contributed by atoms with Gasteiger partial charge in [-0.3, -0.25) is 4.79 Å². The van der Waals surface area contributed by atoms with E-state index in [-0.39, 0.29) is 12.4 Å². The van der Waals surface area contributed by atoms with Gasteiger partial charge in [0.15, 0.2) is 5.78 Å². The molecule has 3 nitrogen and oxygen atoms in total. The van der Waals surface area contributed by atoms with Crippen LogP contribution in [-0.2, 0) is 4.79 Å². The summed E-state index contributed by atoms with van der Waals surface area (Å²) >= 11 is 0. The van der Waals surface area contributed by atoms with Crippen molar-refractivity contribution in [2.75, 3.05) is 6.61 Å². The van der Waals surface area contributed by atoms with Gasteiger partial charge in [-0.25, -0.2) is 0 Å². The molecule has 0 spiro atoms. The molecule has 1 fully saturated rings. The van der Waals surface area contributed by atoms with Crippen LogP contribution in [0, 0.1) is 0 Å². The molecule has 0 aliphatic heterocycles. The van der Waals surface area contributed by atoms with E-state index in [1.807, 2.05) is 0 Å². The Morgan fingerprint density at radius 1 is 1.70 bits per heavy atom. The summed E-state index contributed by atoms with van der Waals surface area (Å²) in [6, 6.07) is 0. The van der Waals surface area contributed by atoms with E-state index in [0.29, 0.717) is 12.8 Å². The molecule has 3 N–H and O–H groups in total. The van der Waals surface area contributed by atoms with E-state index in [0.717, 1.165) is 12.8 Å². The summed E-state index contributed by atoms with van der Waals surface area (Å²) in [5.41, 5.74) is 5.02. The average Bonchev–Trinajstić information content (AvgIpc) is 2.15. The Morgan fingerprint density at radius 3 is 2.80 bits per heavy atom. The molecule has 0 radical (unpaired) electrons. The number of Topliss-reactive ketones (excluding diaryl/α,β-unsaturated/α-hetero) is 1. The summed E-state index contributed by atoms with van der Waals surface area (Å²) in [5, 5.41) is 8.58. The summed E-state index contributed by atoms with van der Waals surface area (Å²) in [6.45, 7) is 0.0161. The largest absolute Gasteiger partial charge is 0.396 e. The summed E-state index contributed by atoms with van der Waals surface area (Å²) in [6.07, 6.45) is 2.64. The highest BCUT2D eigenvalue weighted by molar-refractivity contribution is 5.90. The second-order valence-electron chi connectivity index (χ2n) is 2.91. The van der Waals surface area contributed by atoms with Crippen LogP contribution in [0.3, 0.4) is 0 Å². The molecule has 0 bridgehead atoms. The Balaban J connectivity index is 2.57. The Bertz CT molecular complexity index is 147. The van der Waals surface area contributed by atoms with Crippen molar-refractivity contribution in [2.45, 2.75) is 31.2 Å². The molecule has 0 aromatic carbocycles. The van der Waals surface area contributed by atoms with Gasteiger partial charge in [-0.1, -0.05) is 0 Å². The number of carbonyl (C=O) groups is 1. The molecular weight excluding hydrogens is 130 g/mol. The zero-order valence-corrected chi connectivity index (χ0v) is 5.97. The number of hydrogen-bond donors (Lipinski definition) is 2. The molecule has 58 valence electrons. The highest BCUT2D eigenvalue weighted by atomic mass is 16.3. The van der Waals surface area contributed by atoms with E-state index in [1.165, 1.54) is 0 Å². The number of rotatable bonds is 2. The van der Waals surface area contributed by atoms with Crippen molar-refractivity contribution in [3.63, 3.8) is 0 Å². The monoisotopic (exact) mass is 143 g/mol. The third-order valence-electron chi connectivity index (χ3n) is 2.14. The van der Waals surface area contributed by atoms with E-state index >= 15 is 0 Å². The van der Waals surface area contributed by atoms with Crippen LogP contribution in [0.5, 0.6) is 0 Å². The van der Waals surface area contributed by atoms with Gasteiger partial charge in [0.05, 0.1) is 5.54 Å². The fraction of sp³-hybridized carbons (Fsp3) is 0.857. The first-order valence-corrected chi connectivity index (χ1v) is 3.62. The van der Waals surface area contributed by atoms with Crippen LogP contribution in [0.4, 0.5) is 0 Å². The maximum Gasteiger partial charge on any atom is 0.152 e. The molecule has 0 heterocycles. The Labute approximate surface area is 60.2 Å². The zero-order valence-electron chi connectivity index (χ0n) is 5.97. The van der Waals surface area contributed by atoms with Crippen LogP contribution in [0.1, 0.15) is 25.7 Å². The number of aliphatic hydroxyl groups is 1. The summed E-state index contributed by atoms with van der Waals surface area (Å²) in [7, 11) is 0. The maximum atomic E-state index is 11.0. The molecule has 1 aliphatic carbocycles. The van der Waals surface area contributed by atoms with Crippen molar-refractivity contribution in [1.29, 1.82) is 0 Å². The van der Waals surface area contributed by atoms with Crippen LogP contribution in [0.2, 0.25) is 0 Å². The number of hydrogen-bond acceptors (Lipinski definition) is 3. The molecule has 0 amide bonds. The van der Waals surface area contributed by atoms with Crippen LogP contribution < -0.4 is 5.73 Å². The summed E-state index contributed by atoms with van der Waals surface area (Å²) in [5.74, 6) is 0.113. The van der Waals surface area contributed by atoms with Crippen LogP contribution in [-0.4, -0.2) is 23.0 Å². The lowest BCUT2D eigenvalue weighted by Crippen LogP contribution is -2.44. The van der Waals surface area contributed by atoms with Crippen molar-refractivity contribution in [1.82, 2.24) is 0 Å². The first-order chi connectivity index (χ1) is 4.69. The first-order valence-electron chi connectivity index (χ1n) is 3.62. The van der Waals surface area contributed by atoms with Crippen LogP contribution in [0.25, 0.3) is 0 Å². The third kappa shape index (κ3) is 1.20. The van der Waals surface area contributed by atoms with Gasteiger partial charge < -0.3 is 10.8 Å². The Kier molecular flexibility index (Phi) is 2.06. The molecule has 1 unspecified atom stereocenters. The molecule has 0 saturated heterocycles. The highest BCUT2D eigenvalue weighted by Crippen LogP contribution is 2.26. The minimum atomic E-state index is -0.686. The SMILES string of the molecule is NC1(CCO)CCCC1=O. The van der Waals surface area contributed by atoms with E-state index < -0.39 is 5.54 Å². The van der Waals surface area contributed by atoms with Gasteiger partial charge in [0.1, 0.15) is 0 Å². The summed E-state index contributed by atoms with van der Waals surface area (Å²) in [4.78, 5) is 11.0. The maximum absolute atomic E-state index is 11.0. The molecule has 3 heteroatoms. The minimum absolute atomic E-state index is 0.0161. The fourth-order valence-electron chi connectivity index (χ4n) is 1.42. The van der Waals surface area contributed by atoms with Gasteiger partial charge in [0, 0.05) is 13.0 Å². The molecule has 0 aromatic heterocycles. The standard InChI is InChI=1S/C7H13NO2/c8-7(4-5-9)3-1-2-6(7)10/h9H,1-5,8H2. The van der Waals surface area contributed by atoms with Gasteiger partial charge in [-0.2, -0.15) is 0 Å². The highest BCUT2D eigenvalue weighted by Gasteiger charge is 2.36. The topological polar surface area (TPSA) is 63.3 Å². The van der Waals surface area contributed by atoms with Crippen molar-refractivity contribution >= 4 is 5.78 Å². The van der Waals surface area contributed by atoms with Gasteiger partial charge in [0.2, 0.25) is 0 Å². The molecule has 0 aromatic rings. The fourth-order valence-corrected chi connectivity index (χ4v) is 1.42. The molecule has 10 heavy (non-hydrogen) atoms. The zero-order chi connectivity index (χ0) is 7.61. The molecule has 1 rings (SSSR count). The number of carbonyl (C=O) groups excluding carboxylic acids is 1. The summed E-state index contributed by atoms with van der Waals surface area (Å²) < 4.78 is 0. The minimum Gasteiger partial charge on any atom is -0.396 e. The van der Waals surface area contributed by atoms with E-state index in [9.17, 15) is 4.79 Å². The Morgan fingerprint density at radius 2 is 2.40 bits per heavy atom. The van der Waals surface area contributed by atoms with Crippen molar-refractivity contribution in [3.05, 3.63) is 0 Å². The normalized spacial score (nSPS) is 33.2. The van der Waals surface area contributed by atoms with Gasteiger partial charge in [0.25, 0.3) is 0 Å². The lowest BCUT2D eigenvalue weighted by molar-refractivity contribution is -0.122. The van der Waals surface area contributed by atoms with Crippen LogP contribution in [0.15, 0.2) is 0 Å². The number of nitrogens with two attached hydrogens (primary N) is 1. The predicted molar refractivity (Wildman–Crippen MR) is 37.5 cm³/mol.